The van der Waals surface area contributed by atoms with Crippen LogP contribution in [0.3, 0.4) is 0 Å². The first-order valence-corrected chi connectivity index (χ1v) is 7.63. The van der Waals surface area contributed by atoms with Gasteiger partial charge < -0.3 is 4.74 Å². The normalized spacial score (nSPS) is 35.4. The van der Waals surface area contributed by atoms with E-state index in [9.17, 15) is 9.18 Å². The molecule has 22 heavy (non-hydrogen) atoms. The van der Waals surface area contributed by atoms with Gasteiger partial charge in [-0.2, -0.15) is 5.10 Å². The van der Waals surface area contributed by atoms with Gasteiger partial charge in [-0.05, 0) is 5.56 Å². The van der Waals surface area contributed by atoms with Crippen molar-refractivity contribution in [2.24, 2.45) is 0 Å². The first kappa shape index (κ1) is 12.6. The van der Waals surface area contributed by atoms with Crippen molar-refractivity contribution >= 4 is 0 Å². The van der Waals surface area contributed by atoms with E-state index < -0.39 is 5.67 Å². The fraction of sp³-hybridized carbons (Fsp3) is 0.500. The molecule has 1 aliphatic heterocycles. The molecule has 0 N–H and O–H groups in total. The van der Waals surface area contributed by atoms with E-state index in [1.165, 1.54) is 4.68 Å². The van der Waals surface area contributed by atoms with Crippen LogP contribution in [-0.2, 0) is 16.9 Å². The predicted molar refractivity (Wildman–Crippen MR) is 76.4 cm³/mol. The van der Waals surface area contributed by atoms with Gasteiger partial charge in [-0.1, -0.05) is 30.3 Å². The lowest BCUT2D eigenvalue weighted by atomic mass is 9.47. The maximum Gasteiger partial charge on any atom is 0.347 e. The van der Waals surface area contributed by atoms with Crippen LogP contribution >= 0.6 is 0 Å². The molecule has 3 saturated carbocycles. The molecule has 5 nitrogen and oxygen atoms in total. The number of rotatable bonds is 2. The van der Waals surface area contributed by atoms with Gasteiger partial charge in [-0.15, -0.1) is 0 Å². The summed E-state index contributed by atoms with van der Waals surface area (Å²) in [6.45, 7) is 0.797. The highest BCUT2D eigenvalue weighted by Crippen LogP contribution is 2.66. The fourth-order valence-corrected chi connectivity index (χ4v) is 4.23. The average molecular weight is 301 g/mol. The van der Waals surface area contributed by atoms with Crippen molar-refractivity contribution in [3.05, 3.63) is 52.2 Å². The Morgan fingerprint density at radius 2 is 1.95 bits per heavy atom. The van der Waals surface area contributed by atoms with Crippen molar-refractivity contribution in [1.82, 2.24) is 14.3 Å². The zero-order chi connectivity index (χ0) is 14.9. The molecule has 3 aliphatic carbocycles. The second-order valence-electron chi connectivity index (χ2n) is 6.83. The zero-order valence-corrected chi connectivity index (χ0v) is 12.0. The van der Waals surface area contributed by atoms with E-state index in [0.29, 0.717) is 38.3 Å². The van der Waals surface area contributed by atoms with Gasteiger partial charge in [0.05, 0.1) is 18.2 Å². The molecule has 2 bridgehead atoms. The first-order valence-electron chi connectivity index (χ1n) is 7.63. The third kappa shape index (κ3) is 1.46. The third-order valence-electron chi connectivity index (χ3n) is 5.27. The summed E-state index contributed by atoms with van der Waals surface area (Å²) < 4.78 is 22.7. The van der Waals surface area contributed by atoms with Crippen LogP contribution in [0.5, 0.6) is 0 Å². The maximum absolute atomic E-state index is 13.8. The fourth-order valence-electron chi connectivity index (χ4n) is 4.23. The summed E-state index contributed by atoms with van der Waals surface area (Å²) >= 11 is 0. The van der Waals surface area contributed by atoms with E-state index in [0.717, 1.165) is 5.56 Å². The highest BCUT2D eigenvalue weighted by Gasteiger charge is 2.71. The van der Waals surface area contributed by atoms with Gasteiger partial charge >= 0.3 is 5.69 Å². The van der Waals surface area contributed by atoms with Gasteiger partial charge in [0.2, 0.25) is 0 Å². The maximum atomic E-state index is 13.8. The summed E-state index contributed by atoms with van der Waals surface area (Å²) in [5, 5.41) is 4.46. The van der Waals surface area contributed by atoms with Gasteiger partial charge in [0, 0.05) is 19.3 Å². The van der Waals surface area contributed by atoms with Crippen LogP contribution in [0, 0.1) is 0 Å². The molecule has 6 rings (SSSR count). The molecule has 4 aliphatic rings. The quantitative estimate of drug-likeness (QED) is 0.849. The van der Waals surface area contributed by atoms with Crippen molar-refractivity contribution in [3.63, 3.8) is 0 Å². The van der Waals surface area contributed by atoms with Crippen LogP contribution in [0.1, 0.15) is 36.7 Å². The largest absolute Gasteiger partial charge is 0.371 e. The molecule has 0 amide bonds. The second-order valence-corrected chi connectivity index (χ2v) is 6.83. The average Bonchev–Trinajstić information content (AvgIpc) is 2.81. The van der Waals surface area contributed by atoms with Crippen molar-refractivity contribution in [2.45, 2.75) is 43.1 Å². The van der Waals surface area contributed by atoms with Crippen LogP contribution in [0.25, 0.3) is 0 Å². The number of hydrogen-bond acceptors (Lipinski definition) is 3. The second kappa shape index (κ2) is 3.87. The Morgan fingerprint density at radius 3 is 2.64 bits per heavy atom. The van der Waals surface area contributed by atoms with Crippen LogP contribution in [0.4, 0.5) is 4.39 Å². The molecule has 3 fully saturated rings. The smallest absolute Gasteiger partial charge is 0.347 e. The van der Waals surface area contributed by atoms with Crippen LogP contribution in [-0.4, -0.2) is 26.6 Å². The van der Waals surface area contributed by atoms with Crippen molar-refractivity contribution < 1.29 is 9.13 Å². The standard InChI is InChI=1S/C16H16FN3O2/c17-15-8-16(9-15,10-15)20-14(21)19-12(6-22-7-13(19)18-20)11-4-2-1-3-5-11/h1-5,12H,6-10H2. The summed E-state index contributed by atoms with van der Waals surface area (Å²) in [6.07, 6.45) is 1.27. The predicted octanol–water partition coefficient (Wildman–Crippen LogP) is 1.77. The monoisotopic (exact) mass is 301 g/mol. The summed E-state index contributed by atoms with van der Waals surface area (Å²) in [6, 6.07) is 9.68. The molecule has 1 aromatic carbocycles. The van der Waals surface area contributed by atoms with Crippen LogP contribution in [0.15, 0.2) is 35.1 Å². The van der Waals surface area contributed by atoms with Gasteiger partial charge in [0.25, 0.3) is 0 Å². The molecule has 0 saturated heterocycles. The van der Waals surface area contributed by atoms with Crippen molar-refractivity contribution in [2.75, 3.05) is 6.61 Å². The number of aromatic nitrogens is 3. The molecule has 1 atom stereocenters. The van der Waals surface area contributed by atoms with Crippen LogP contribution in [0.2, 0.25) is 0 Å². The molecule has 6 heteroatoms. The van der Waals surface area contributed by atoms with Gasteiger partial charge in [0.15, 0.2) is 5.82 Å². The lowest BCUT2D eigenvalue weighted by Gasteiger charge is -2.64. The number of alkyl halides is 1. The van der Waals surface area contributed by atoms with E-state index in [4.69, 9.17) is 4.74 Å². The number of ether oxygens (including phenoxy) is 1. The number of hydrogen-bond donors (Lipinski definition) is 0. The molecule has 2 heterocycles. The van der Waals surface area contributed by atoms with Gasteiger partial charge in [-0.3, -0.25) is 4.57 Å². The number of nitrogens with zero attached hydrogens (tertiary/aromatic N) is 3. The summed E-state index contributed by atoms with van der Waals surface area (Å²) in [5.41, 5.74) is -0.519. The van der Waals surface area contributed by atoms with E-state index in [1.54, 1.807) is 4.57 Å². The molecule has 1 aromatic heterocycles. The third-order valence-corrected chi connectivity index (χ3v) is 5.27. The molecule has 0 spiro atoms. The minimum Gasteiger partial charge on any atom is -0.371 e. The summed E-state index contributed by atoms with van der Waals surface area (Å²) in [7, 11) is 0. The van der Waals surface area contributed by atoms with E-state index >= 15 is 0 Å². The summed E-state index contributed by atoms with van der Waals surface area (Å²) in [4.78, 5) is 12.9. The van der Waals surface area contributed by atoms with Gasteiger partial charge in [-0.25, -0.2) is 13.9 Å². The minimum atomic E-state index is -1.04. The SMILES string of the molecule is O=c1n(C23CC(F)(C2)C3)nc2n1C(c1ccccc1)COC2. The topological polar surface area (TPSA) is 49.0 Å². The zero-order valence-electron chi connectivity index (χ0n) is 12.0. The van der Waals surface area contributed by atoms with E-state index in [1.807, 2.05) is 30.3 Å². The Balaban J connectivity index is 1.61. The van der Waals surface area contributed by atoms with Crippen LogP contribution < -0.4 is 5.69 Å². The Morgan fingerprint density at radius 1 is 1.23 bits per heavy atom. The highest BCUT2D eigenvalue weighted by atomic mass is 19.1. The van der Waals surface area contributed by atoms with E-state index in [2.05, 4.69) is 5.10 Å². The number of fused-ring (bicyclic) bond motifs is 1. The minimum absolute atomic E-state index is 0.131. The lowest BCUT2D eigenvalue weighted by Crippen LogP contribution is -2.72. The Bertz CT molecular complexity index is 791. The van der Waals surface area contributed by atoms with Crippen molar-refractivity contribution in [3.8, 4) is 0 Å². The Kier molecular flexibility index (Phi) is 2.21. The molecule has 0 radical (unpaired) electrons. The van der Waals surface area contributed by atoms with Gasteiger partial charge in [0.1, 0.15) is 12.3 Å². The molecular formula is C16H16FN3O2. The molecule has 114 valence electrons. The van der Waals surface area contributed by atoms with E-state index in [-0.39, 0.29) is 17.3 Å². The molecule has 2 aromatic rings. The number of halogens is 1. The Labute approximate surface area is 126 Å². The highest BCUT2D eigenvalue weighted by molar-refractivity contribution is 5.24. The first-order chi connectivity index (χ1) is 10.6. The summed E-state index contributed by atoms with van der Waals surface area (Å²) in [5.74, 6) is 0.641. The lowest BCUT2D eigenvalue weighted by molar-refractivity contribution is -0.205. The molecular weight excluding hydrogens is 285 g/mol. The van der Waals surface area contributed by atoms with Crippen molar-refractivity contribution in [1.29, 1.82) is 0 Å². The number of benzene rings is 1. The Hall–Kier alpha value is -1.95. The molecule has 1 unspecified atom stereocenters.